The first-order valence-corrected chi connectivity index (χ1v) is 5.67. The average molecular weight is 238 g/mol. The van der Waals surface area contributed by atoms with Crippen LogP contribution in [0.5, 0.6) is 0 Å². The Morgan fingerprint density at radius 2 is 1.28 bits per heavy atom. The van der Waals surface area contributed by atoms with Crippen LogP contribution in [0.4, 0.5) is 0 Å². The Morgan fingerprint density at radius 1 is 0.833 bits per heavy atom. The molecule has 0 bridgehead atoms. The van der Waals surface area contributed by atoms with E-state index in [1.807, 2.05) is 38.1 Å². The summed E-state index contributed by atoms with van der Waals surface area (Å²) in [6.45, 7) is 3.83. The second-order valence-corrected chi connectivity index (χ2v) is 3.85. The van der Waals surface area contributed by atoms with Gasteiger partial charge in [-0.05, 0) is 26.0 Å². The van der Waals surface area contributed by atoms with Crippen molar-refractivity contribution in [2.45, 2.75) is 13.8 Å². The minimum Gasteiger partial charge on any atom is -0.264 e. The van der Waals surface area contributed by atoms with Gasteiger partial charge in [-0.15, -0.1) is 0 Å². The Bertz CT molecular complexity index is 505. The SMILES string of the molecule is C/C(=N\N=C(/C)c1cccnc1)c1cccnc1. The van der Waals surface area contributed by atoms with E-state index in [9.17, 15) is 0 Å². The standard InChI is InChI=1S/C14H14N4/c1-11(13-5-3-7-15-9-13)17-18-12(2)14-6-4-8-16-10-14/h3-10H,1-2H3/b17-11+,18-12+. The second kappa shape index (κ2) is 5.82. The molecule has 18 heavy (non-hydrogen) atoms. The fourth-order valence-corrected chi connectivity index (χ4v) is 1.42. The third-order valence-electron chi connectivity index (χ3n) is 2.51. The molecule has 0 radical (unpaired) electrons. The normalized spacial score (nSPS) is 12.6. The van der Waals surface area contributed by atoms with E-state index in [0.717, 1.165) is 22.6 Å². The highest BCUT2D eigenvalue weighted by Crippen LogP contribution is 2.02. The van der Waals surface area contributed by atoms with Crippen molar-refractivity contribution in [1.82, 2.24) is 9.97 Å². The zero-order valence-electron chi connectivity index (χ0n) is 10.4. The lowest BCUT2D eigenvalue weighted by atomic mass is 10.2. The van der Waals surface area contributed by atoms with Crippen LogP contribution in [0, 0.1) is 0 Å². The maximum Gasteiger partial charge on any atom is 0.0687 e. The van der Waals surface area contributed by atoms with Crippen LogP contribution in [0.2, 0.25) is 0 Å². The van der Waals surface area contributed by atoms with E-state index in [4.69, 9.17) is 0 Å². The molecule has 0 fully saturated rings. The van der Waals surface area contributed by atoms with Gasteiger partial charge in [-0.3, -0.25) is 9.97 Å². The van der Waals surface area contributed by atoms with Crippen molar-refractivity contribution < 1.29 is 0 Å². The van der Waals surface area contributed by atoms with E-state index in [0.29, 0.717) is 0 Å². The van der Waals surface area contributed by atoms with E-state index in [1.54, 1.807) is 24.8 Å². The molecule has 0 aliphatic heterocycles. The molecule has 2 aromatic heterocycles. The van der Waals surface area contributed by atoms with Gasteiger partial charge < -0.3 is 0 Å². The van der Waals surface area contributed by atoms with Crippen LogP contribution < -0.4 is 0 Å². The summed E-state index contributed by atoms with van der Waals surface area (Å²) in [4.78, 5) is 8.10. The minimum absolute atomic E-state index is 0.839. The highest BCUT2D eigenvalue weighted by Gasteiger charge is 1.98. The molecular weight excluding hydrogens is 224 g/mol. The summed E-state index contributed by atoms with van der Waals surface area (Å²) in [6.07, 6.45) is 7.02. The van der Waals surface area contributed by atoms with Gasteiger partial charge in [0, 0.05) is 35.9 Å². The maximum atomic E-state index is 4.21. The summed E-state index contributed by atoms with van der Waals surface area (Å²) in [7, 11) is 0. The number of rotatable bonds is 3. The fourth-order valence-electron chi connectivity index (χ4n) is 1.42. The van der Waals surface area contributed by atoms with Crippen molar-refractivity contribution in [3.8, 4) is 0 Å². The quantitative estimate of drug-likeness (QED) is 0.609. The van der Waals surface area contributed by atoms with Gasteiger partial charge >= 0.3 is 0 Å². The lowest BCUT2D eigenvalue weighted by Crippen LogP contribution is -1.97. The zero-order valence-corrected chi connectivity index (χ0v) is 10.4. The van der Waals surface area contributed by atoms with Gasteiger partial charge in [-0.1, -0.05) is 12.1 Å². The van der Waals surface area contributed by atoms with Crippen LogP contribution in [0.3, 0.4) is 0 Å². The van der Waals surface area contributed by atoms with E-state index in [-0.39, 0.29) is 0 Å². The smallest absolute Gasteiger partial charge is 0.0687 e. The largest absolute Gasteiger partial charge is 0.264 e. The lowest BCUT2D eigenvalue weighted by molar-refractivity contribution is 1.20. The topological polar surface area (TPSA) is 50.5 Å². The minimum atomic E-state index is 0.839. The van der Waals surface area contributed by atoms with Crippen LogP contribution in [-0.4, -0.2) is 21.4 Å². The Kier molecular flexibility index (Phi) is 3.91. The summed E-state index contributed by atoms with van der Waals surface area (Å²) < 4.78 is 0. The van der Waals surface area contributed by atoms with E-state index < -0.39 is 0 Å². The van der Waals surface area contributed by atoms with Crippen LogP contribution in [0.1, 0.15) is 25.0 Å². The van der Waals surface area contributed by atoms with Crippen LogP contribution >= 0.6 is 0 Å². The summed E-state index contributed by atoms with van der Waals surface area (Å²) in [5.41, 5.74) is 3.62. The van der Waals surface area contributed by atoms with Gasteiger partial charge in [0.15, 0.2) is 0 Å². The van der Waals surface area contributed by atoms with Crippen molar-refractivity contribution in [3.05, 3.63) is 60.2 Å². The van der Waals surface area contributed by atoms with Gasteiger partial charge in [-0.25, -0.2) is 0 Å². The Labute approximate surface area is 106 Å². The van der Waals surface area contributed by atoms with Crippen LogP contribution in [0.25, 0.3) is 0 Å². The Balaban J connectivity index is 2.20. The average Bonchev–Trinajstić information content (AvgIpc) is 2.46. The molecule has 4 heteroatoms. The molecule has 2 aromatic rings. The fraction of sp³-hybridized carbons (Fsp3) is 0.143. The first-order chi connectivity index (χ1) is 8.77. The Hall–Kier alpha value is -2.36. The van der Waals surface area contributed by atoms with Gasteiger partial charge in [0.2, 0.25) is 0 Å². The molecule has 2 rings (SSSR count). The summed E-state index contributed by atoms with van der Waals surface area (Å²) >= 11 is 0. The third kappa shape index (κ3) is 3.07. The second-order valence-electron chi connectivity index (χ2n) is 3.85. The van der Waals surface area contributed by atoms with Gasteiger partial charge in [-0.2, -0.15) is 10.2 Å². The third-order valence-corrected chi connectivity index (χ3v) is 2.51. The molecule has 0 saturated heterocycles. The predicted molar refractivity (Wildman–Crippen MR) is 72.9 cm³/mol. The molecule has 0 aliphatic carbocycles. The molecule has 90 valence electrons. The summed E-state index contributed by atoms with van der Waals surface area (Å²) in [5, 5.41) is 8.42. The van der Waals surface area contributed by atoms with Crippen molar-refractivity contribution >= 4 is 11.4 Å². The molecule has 2 heterocycles. The molecule has 0 N–H and O–H groups in total. The van der Waals surface area contributed by atoms with Crippen molar-refractivity contribution in [3.63, 3.8) is 0 Å². The molecule has 0 aliphatic rings. The summed E-state index contributed by atoms with van der Waals surface area (Å²) in [5.74, 6) is 0. The lowest BCUT2D eigenvalue weighted by Gasteiger charge is -1.99. The number of aromatic nitrogens is 2. The molecule has 0 unspecified atom stereocenters. The van der Waals surface area contributed by atoms with E-state index in [2.05, 4.69) is 20.2 Å². The number of nitrogens with zero attached hydrogens (tertiary/aromatic N) is 4. The zero-order chi connectivity index (χ0) is 12.8. The highest BCUT2D eigenvalue weighted by molar-refractivity contribution is 6.01. The van der Waals surface area contributed by atoms with Crippen molar-refractivity contribution in [2.75, 3.05) is 0 Å². The van der Waals surface area contributed by atoms with Gasteiger partial charge in [0.1, 0.15) is 0 Å². The van der Waals surface area contributed by atoms with Crippen LogP contribution in [-0.2, 0) is 0 Å². The predicted octanol–water partition coefficient (Wildman–Crippen LogP) is 2.71. The van der Waals surface area contributed by atoms with E-state index in [1.165, 1.54) is 0 Å². The Morgan fingerprint density at radius 3 is 1.61 bits per heavy atom. The molecule has 4 nitrogen and oxygen atoms in total. The molecule has 0 amide bonds. The van der Waals surface area contributed by atoms with E-state index >= 15 is 0 Å². The van der Waals surface area contributed by atoms with Crippen molar-refractivity contribution in [2.24, 2.45) is 10.2 Å². The first-order valence-electron chi connectivity index (χ1n) is 5.67. The number of hydrogen-bond acceptors (Lipinski definition) is 4. The van der Waals surface area contributed by atoms with Gasteiger partial charge in [0.05, 0.1) is 11.4 Å². The molecule has 0 atom stereocenters. The monoisotopic (exact) mass is 238 g/mol. The van der Waals surface area contributed by atoms with Crippen molar-refractivity contribution in [1.29, 1.82) is 0 Å². The molecule has 0 saturated carbocycles. The molecule has 0 aromatic carbocycles. The molecule has 0 spiro atoms. The van der Waals surface area contributed by atoms with Gasteiger partial charge in [0.25, 0.3) is 0 Å². The number of pyridine rings is 2. The summed E-state index contributed by atoms with van der Waals surface area (Å²) in [6, 6.07) is 7.68. The maximum absolute atomic E-state index is 4.21. The van der Waals surface area contributed by atoms with Crippen LogP contribution in [0.15, 0.2) is 59.3 Å². The molecular formula is C14H14N4. The first kappa shape index (κ1) is 12.1. The number of hydrogen-bond donors (Lipinski definition) is 0. The highest BCUT2D eigenvalue weighted by atomic mass is 15.2.